The summed E-state index contributed by atoms with van der Waals surface area (Å²) in [6.07, 6.45) is 0. The van der Waals surface area contributed by atoms with Gasteiger partial charge in [0.15, 0.2) is 11.7 Å². The van der Waals surface area contributed by atoms with Gasteiger partial charge in [-0.1, -0.05) is 36.4 Å². The number of nitrogens with one attached hydrogen (secondary N) is 1. The van der Waals surface area contributed by atoms with E-state index in [0.29, 0.717) is 22.7 Å². The van der Waals surface area contributed by atoms with Crippen LogP contribution in [0, 0.1) is 0 Å². The Bertz CT molecular complexity index is 2000. The molecule has 0 bridgehead atoms. The predicted octanol–water partition coefficient (Wildman–Crippen LogP) is 4.03. The molecule has 4 aromatic carbocycles. The van der Waals surface area contributed by atoms with Gasteiger partial charge in [0.25, 0.3) is 21.8 Å². The van der Waals surface area contributed by atoms with Crippen LogP contribution in [0.4, 0.5) is 28.4 Å². The van der Waals surface area contributed by atoms with Crippen molar-refractivity contribution in [3.8, 4) is 0 Å². The number of nitrogens with two attached hydrogens (primary N) is 2. The number of benzene rings is 4. The predicted molar refractivity (Wildman–Crippen MR) is 171 cm³/mol. The second kappa shape index (κ2) is 12.4. The molecule has 2 amide bonds. The molecule has 0 saturated heterocycles. The van der Waals surface area contributed by atoms with E-state index in [1.54, 1.807) is 48.5 Å². The minimum absolute atomic E-state index is 0.00630. The van der Waals surface area contributed by atoms with Gasteiger partial charge in [-0.3, -0.25) is 14.3 Å². The van der Waals surface area contributed by atoms with E-state index in [2.05, 4.69) is 35.4 Å². The third-order valence-electron chi connectivity index (χ3n) is 6.72. The van der Waals surface area contributed by atoms with Gasteiger partial charge in [-0.05, 0) is 72.8 Å². The molecule has 0 spiro atoms. The standard InChI is InChI=1S/C30H25N11O4S/c31-27-25(29(42)40(37-27)22-7-3-1-4-8-22)35-33-19-11-13-21(14-12-19)39-46(44,45)24-17-15-20(16-18-24)34-36-26-28(32)38-41(30(26)43)23-9-5-2-6-10-23/h1-18,25-26,39H,(H2,31,37)(H2,32,38). The van der Waals surface area contributed by atoms with Crippen molar-refractivity contribution < 1.29 is 18.0 Å². The van der Waals surface area contributed by atoms with E-state index in [-0.39, 0.29) is 22.3 Å². The second-order valence-corrected chi connectivity index (χ2v) is 11.6. The van der Waals surface area contributed by atoms with E-state index < -0.39 is 33.9 Å². The average Bonchev–Trinajstić information content (AvgIpc) is 3.52. The number of hydrogen-bond acceptors (Lipinski definition) is 12. The molecule has 46 heavy (non-hydrogen) atoms. The molecule has 2 atom stereocenters. The number of sulfonamides is 1. The number of carbonyl (C=O) groups is 2. The SMILES string of the molecule is NC1=NN(c2ccccc2)C(=O)C1N=Nc1ccc(NS(=O)(=O)c2ccc(N=NC3C(=O)N(c4ccccc4)N=C3N)cc2)cc1. The molecular weight excluding hydrogens is 610 g/mol. The normalized spacial score (nSPS) is 18.4. The van der Waals surface area contributed by atoms with Crippen molar-refractivity contribution in [3.63, 3.8) is 0 Å². The van der Waals surface area contributed by atoms with Crippen molar-refractivity contribution in [2.24, 2.45) is 42.1 Å². The molecule has 2 unspecified atom stereocenters. The molecule has 0 saturated carbocycles. The molecule has 2 heterocycles. The number of para-hydroxylation sites is 2. The minimum atomic E-state index is -3.96. The summed E-state index contributed by atoms with van der Waals surface area (Å²) in [5.74, 6) is -0.894. The van der Waals surface area contributed by atoms with Gasteiger partial charge >= 0.3 is 0 Å². The Morgan fingerprint density at radius 3 is 1.46 bits per heavy atom. The maximum Gasteiger partial charge on any atom is 0.282 e. The maximum atomic E-state index is 13.0. The lowest BCUT2D eigenvalue weighted by Gasteiger charge is -2.11. The van der Waals surface area contributed by atoms with Gasteiger partial charge in [0.05, 0.1) is 27.6 Å². The van der Waals surface area contributed by atoms with Gasteiger partial charge in [-0.15, -0.1) is 10.2 Å². The topological polar surface area (TPSA) is 213 Å². The molecule has 4 aromatic rings. The van der Waals surface area contributed by atoms with Crippen LogP contribution in [0.1, 0.15) is 0 Å². The Kier molecular flexibility index (Phi) is 8.00. The average molecular weight is 636 g/mol. The lowest BCUT2D eigenvalue weighted by molar-refractivity contribution is -0.118. The Hall–Kier alpha value is -6.29. The van der Waals surface area contributed by atoms with Crippen LogP contribution < -0.4 is 26.2 Å². The summed E-state index contributed by atoms with van der Waals surface area (Å²) in [5.41, 5.74) is 13.9. The molecule has 15 nitrogen and oxygen atoms in total. The fourth-order valence-corrected chi connectivity index (χ4v) is 5.46. The van der Waals surface area contributed by atoms with Crippen LogP contribution >= 0.6 is 0 Å². The first-order valence-corrected chi connectivity index (χ1v) is 15.2. The fourth-order valence-electron chi connectivity index (χ4n) is 4.40. The third-order valence-corrected chi connectivity index (χ3v) is 8.12. The number of hydrogen-bond donors (Lipinski definition) is 3. The highest BCUT2D eigenvalue weighted by atomic mass is 32.2. The van der Waals surface area contributed by atoms with Crippen molar-refractivity contribution in [3.05, 3.63) is 109 Å². The van der Waals surface area contributed by atoms with Crippen molar-refractivity contribution in [1.82, 2.24) is 0 Å². The zero-order valence-corrected chi connectivity index (χ0v) is 24.6. The monoisotopic (exact) mass is 635 g/mol. The fraction of sp³-hybridized carbons (Fsp3) is 0.0667. The molecule has 230 valence electrons. The number of carbonyl (C=O) groups excluding carboxylic acids is 2. The molecular formula is C30H25N11O4S. The quantitative estimate of drug-likeness (QED) is 0.231. The number of nitrogens with zero attached hydrogens (tertiary/aromatic N) is 8. The molecule has 2 aliphatic heterocycles. The van der Waals surface area contributed by atoms with Gasteiger partial charge < -0.3 is 11.5 Å². The Morgan fingerprint density at radius 1 is 0.609 bits per heavy atom. The summed E-state index contributed by atoms with van der Waals surface area (Å²) in [4.78, 5) is 25.5. The maximum absolute atomic E-state index is 13.0. The van der Waals surface area contributed by atoms with Gasteiger partial charge in [-0.25, -0.2) is 8.42 Å². The van der Waals surface area contributed by atoms with E-state index >= 15 is 0 Å². The van der Waals surface area contributed by atoms with Crippen molar-refractivity contribution in [1.29, 1.82) is 0 Å². The van der Waals surface area contributed by atoms with Crippen LogP contribution in [-0.2, 0) is 19.6 Å². The van der Waals surface area contributed by atoms with Crippen LogP contribution in [-0.4, -0.2) is 44.0 Å². The summed E-state index contributed by atoms with van der Waals surface area (Å²) < 4.78 is 28.5. The van der Waals surface area contributed by atoms with Gasteiger partial charge in [0.1, 0.15) is 0 Å². The first-order valence-electron chi connectivity index (χ1n) is 13.7. The van der Waals surface area contributed by atoms with Gasteiger partial charge in [0.2, 0.25) is 12.1 Å². The Labute approximate surface area is 262 Å². The highest BCUT2D eigenvalue weighted by molar-refractivity contribution is 7.92. The number of rotatable bonds is 9. The molecule has 6 rings (SSSR count). The van der Waals surface area contributed by atoms with Crippen LogP contribution in [0.5, 0.6) is 0 Å². The number of azo groups is 2. The summed E-state index contributed by atoms with van der Waals surface area (Å²) >= 11 is 0. The zero-order chi connectivity index (χ0) is 32.3. The summed E-state index contributed by atoms with van der Waals surface area (Å²) in [6.45, 7) is 0. The van der Waals surface area contributed by atoms with E-state index in [9.17, 15) is 18.0 Å². The lowest BCUT2D eigenvalue weighted by atomic mass is 10.2. The molecule has 5 N–H and O–H groups in total. The number of amidine groups is 2. The van der Waals surface area contributed by atoms with E-state index in [1.807, 2.05) is 12.1 Å². The van der Waals surface area contributed by atoms with Crippen molar-refractivity contribution in [2.75, 3.05) is 14.7 Å². The van der Waals surface area contributed by atoms with Crippen LogP contribution in [0.15, 0.2) is 145 Å². The highest BCUT2D eigenvalue weighted by Crippen LogP contribution is 2.26. The number of hydrazone groups is 2. The van der Waals surface area contributed by atoms with Crippen LogP contribution in [0.2, 0.25) is 0 Å². The molecule has 0 aromatic heterocycles. The Balaban J connectivity index is 1.06. The van der Waals surface area contributed by atoms with Crippen molar-refractivity contribution >= 4 is 61.9 Å². The van der Waals surface area contributed by atoms with Crippen LogP contribution in [0.3, 0.4) is 0 Å². The Morgan fingerprint density at radius 2 is 1.02 bits per heavy atom. The third kappa shape index (κ3) is 6.18. The molecule has 0 radical (unpaired) electrons. The molecule has 2 aliphatic rings. The summed E-state index contributed by atoms with van der Waals surface area (Å²) in [5, 5.41) is 26.7. The zero-order valence-electron chi connectivity index (χ0n) is 23.8. The lowest BCUT2D eigenvalue weighted by Crippen LogP contribution is -2.33. The number of amides is 2. The summed E-state index contributed by atoms with van der Waals surface area (Å²) in [7, 11) is -3.96. The number of anilines is 3. The molecule has 0 aliphatic carbocycles. The van der Waals surface area contributed by atoms with Crippen LogP contribution in [0.25, 0.3) is 0 Å². The summed E-state index contributed by atoms with van der Waals surface area (Å²) in [6, 6.07) is 27.1. The first-order chi connectivity index (χ1) is 22.2. The van der Waals surface area contributed by atoms with Gasteiger partial charge in [-0.2, -0.15) is 30.5 Å². The molecule has 0 fully saturated rings. The van der Waals surface area contributed by atoms with E-state index in [4.69, 9.17) is 11.5 Å². The smallest absolute Gasteiger partial charge is 0.282 e. The van der Waals surface area contributed by atoms with Gasteiger partial charge in [0, 0.05) is 5.69 Å². The molecule has 16 heteroatoms. The van der Waals surface area contributed by atoms with E-state index in [0.717, 1.165) is 5.01 Å². The van der Waals surface area contributed by atoms with Crippen molar-refractivity contribution in [2.45, 2.75) is 17.0 Å². The largest absolute Gasteiger partial charge is 0.383 e. The minimum Gasteiger partial charge on any atom is -0.383 e. The second-order valence-electron chi connectivity index (χ2n) is 9.90. The first kappa shape index (κ1) is 29.8. The van der Waals surface area contributed by atoms with E-state index in [1.165, 1.54) is 53.5 Å². The highest BCUT2D eigenvalue weighted by Gasteiger charge is 2.36.